The average molecular weight is 298 g/mol. The molecule has 1 saturated heterocycles. The molecule has 0 spiro atoms. The molecule has 1 aliphatic heterocycles. The van der Waals surface area contributed by atoms with Crippen molar-refractivity contribution >= 4 is 10.0 Å². The van der Waals surface area contributed by atoms with Gasteiger partial charge in [-0.15, -0.1) is 0 Å². The van der Waals surface area contributed by atoms with E-state index in [1.807, 2.05) is 0 Å². The van der Waals surface area contributed by atoms with Crippen molar-refractivity contribution in [2.45, 2.75) is 37.1 Å². The highest BCUT2D eigenvalue weighted by atomic mass is 32.2. The van der Waals surface area contributed by atoms with E-state index in [-0.39, 0.29) is 6.04 Å². The van der Waals surface area contributed by atoms with Gasteiger partial charge in [-0.1, -0.05) is 6.42 Å². The molecule has 6 heteroatoms. The number of nitrogens with two attached hydrogens (primary N) is 1. The first-order valence-corrected chi connectivity index (χ1v) is 8.31. The number of benzene rings is 1. The number of hydrogen-bond donors (Lipinski definition) is 1. The second kappa shape index (κ2) is 6.11. The van der Waals surface area contributed by atoms with Gasteiger partial charge >= 0.3 is 0 Å². The first-order valence-electron chi connectivity index (χ1n) is 6.87. The van der Waals surface area contributed by atoms with E-state index in [1.54, 1.807) is 36.5 Å². The molecule has 2 N–H and O–H groups in total. The lowest BCUT2D eigenvalue weighted by Gasteiger charge is -2.34. The summed E-state index contributed by atoms with van der Waals surface area (Å²) >= 11 is 0. The maximum atomic E-state index is 12.8. The van der Waals surface area contributed by atoms with Crippen molar-refractivity contribution in [2.24, 2.45) is 5.73 Å². The molecule has 0 aromatic heterocycles. The number of piperidine rings is 1. The van der Waals surface area contributed by atoms with Crippen molar-refractivity contribution in [1.82, 2.24) is 4.31 Å². The van der Waals surface area contributed by atoms with Crippen LogP contribution in [0.3, 0.4) is 0 Å². The largest absolute Gasteiger partial charge is 0.497 e. The highest BCUT2D eigenvalue weighted by Crippen LogP contribution is 2.28. The second-order valence-corrected chi connectivity index (χ2v) is 6.99. The van der Waals surface area contributed by atoms with Crippen LogP contribution >= 0.6 is 0 Å². The summed E-state index contributed by atoms with van der Waals surface area (Å²) in [6, 6.07) is 4.96. The zero-order valence-corrected chi connectivity index (χ0v) is 12.8. The van der Waals surface area contributed by atoms with Gasteiger partial charge in [0.05, 0.1) is 12.0 Å². The molecule has 0 amide bonds. The van der Waals surface area contributed by atoms with E-state index in [2.05, 4.69) is 0 Å². The molecule has 0 radical (unpaired) electrons. The Morgan fingerprint density at radius 1 is 1.40 bits per heavy atom. The Morgan fingerprint density at radius 3 is 2.75 bits per heavy atom. The van der Waals surface area contributed by atoms with E-state index in [1.165, 1.54) is 0 Å². The van der Waals surface area contributed by atoms with Gasteiger partial charge in [0, 0.05) is 19.1 Å². The molecule has 1 aliphatic rings. The SMILES string of the molecule is COc1ccc(S(=O)(=O)N2CCCCC2CN)c(C)c1. The van der Waals surface area contributed by atoms with Gasteiger partial charge < -0.3 is 10.5 Å². The molecule has 1 heterocycles. The number of sulfonamides is 1. The monoisotopic (exact) mass is 298 g/mol. The Bertz CT molecular complexity index is 572. The van der Waals surface area contributed by atoms with E-state index in [0.717, 1.165) is 19.3 Å². The van der Waals surface area contributed by atoms with E-state index in [9.17, 15) is 8.42 Å². The fourth-order valence-corrected chi connectivity index (χ4v) is 4.60. The zero-order valence-electron chi connectivity index (χ0n) is 12.0. The maximum absolute atomic E-state index is 12.8. The Labute approximate surface area is 120 Å². The quantitative estimate of drug-likeness (QED) is 0.914. The molecule has 112 valence electrons. The number of rotatable bonds is 4. The molecule has 0 bridgehead atoms. The lowest BCUT2D eigenvalue weighted by molar-refractivity contribution is 0.257. The fraction of sp³-hybridized carbons (Fsp3) is 0.571. The molecule has 1 aromatic rings. The summed E-state index contributed by atoms with van der Waals surface area (Å²) in [4.78, 5) is 0.346. The van der Waals surface area contributed by atoms with Gasteiger partial charge in [-0.25, -0.2) is 8.42 Å². The molecule has 1 unspecified atom stereocenters. The van der Waals surface area contributed by atoms with Crippen molar-refractivity contribution < 1.29 is 13.2 Å². The summed E-state index contributed by atoms with van der Waals surface area (Å²) in [7, 11) is -1.91. The van der Waals surface area contributed by atoms with E-state index < -0.39 is 10.0 Å². The van der Waals surface area contributed by atoms with Crippen LogP contribution < -0.4 is 10.5 Å². The lowest BCUT2D eigenvalue weighted by atomic mass is 10.1. The minimum Gasteiger partial charge on any atom is -0.497 e. The summed E-state index contributed by atoms with van der Waals surface area (Å²) in [5, 5.41) is 0. The molecule has 1 aromatic carbocycles. The summed E-state index contributed by atoms with van der Waals surface area (Å²) in [5.41, 5.74) is 6.43. The molecule has 20 heavy (non-hydrogen) atoms. The first kappa shape index (κ1) is 15.3. The van der Waals surface area contributed by atoms with Gasteiger partial charge in [0.25, 0.3) is 0 Å². The van der Waals surface area contributed by atoms with Crippen LogP contribution in [0.2, 0.25) is 0 Å². The van der Waals surface area contributed by atoms with Crippen molar-refractivity contribution in [3.63, 3.8) is 0 Å². The van der Waals surface area contributed by atoms with Crippen LogP contribution in [0.15, 0.2) is 23.1 Å². The van der Waals surface area contributed by atoms with Gasteiger partial charge in [0.1, 0.15) is 5.75 Å². The fourth-order valence-electron chi connectivity index (χ4n) is 2.69. The molecular weight excluding hydrogens is 276 g/mol. The molecule has 5 nitrogen and oxygen atoms in total. The molecule has 0 aliphatic carbocycles. The molecule has 0 saturated carbocycles. The van der Waals surface area contributed by atoms with Gasteiger partial charge in [-0.05, 0) is 43.5 Å². The summed E-state index contributed by atoms with van der Waals surface area (Å²) in [6.45, 7) is 2.71. The predicted molar refractivity (Wildman–Crippen MR) is 78.3 cm³/mol. The third-order valence-electron chi connectivity index (χ3n) is 3.81. The zero-order chi connectivity index (χ0) is 14.8. The molecule has 2 rings (SSSR count). The number of hydrogen-bond acceptors (Lipinski definition) is 4. The van der Waals surface area contributed by atoms with Gasteiger partial charge in [0.2, 0.25) is 10.0 Å². The molecule has 1 fully saturated rings. The Kier molecular flexibility index (Phi) is 4.67. The van der Waals surface area contributed by atoms with Crippen molar-refractivity contribution in [3.8, 4) is 5.75 Å². The standard InChI is InChI=1S/C14H22N2O3S/c1-11-9-13(19-2)6-7-14(11)20(17,18)16-8-4-3-5-12(16)10-15/h6-7,9,12H,3-5,8,10,15H2,1-2H3. The van der Waals surface area contributed by atoms with E-state index in [0.29, 0.717) is 29.3 Å². The smallest absolute Gasteiger partial charge is 0.243 e. The van der Waals surface area contributed by atoms with Crippen LogP contribution in [0.5, 0.6) is 5.75 Å². The lowest BCUT2D eigenvalue weighted by Crippen LogP contribution is -2.47. The van der Waals surface area contributed by atoms with Crippen molar-refractivity contribution in [1.29, 1.82) is 0 Å². The molecule has 1 atom stereocenters. The van der Waals surface area contributed by atoms with Crippen molar-refractivity contribution in [3.05, 3.63) is 23.8 Å². The van der Waals surface area contributed by atoms with Crippen LogP contribution in [0.1, 0.15) is 24.8 Å². The van der Waals surface area contributed by atoms with Gasteiger partial charge in [-0.3, -0.25) is 0 Å². The van der Waals surface area contributed by atoms with Crippen molar-refractivity contribution in [2.75, 3.05) is 20.2 Å². The van der Waals surface area contributed by atoms with Crippen LogP contribution in [0, 0.1) is 6.92 Å². The first-order chi connectivity index (χ1) is 9.50. The summed E-state index contributed by atoms with van der Waals surface area (Å²) in [5.74, 6) is 0.662. The predicted octanol–water partition coefficient (Wildman–Crippen LogP) is 1.51. The Morgan fingerprint density at radius 2 is 2.15 bits per heavy atom. The van der Waals surface area contributed by atoms with Gasteiger partial charge in [0.15, 0.2) is 0 Å². The second-order valence-electron chi connectivity index (χ2n) is 5.13. The normalized spacial score (nSPS) is 20.9. The van der Waals surface area contributed by atoms with Gasteiger partial charge in [-0.2, -0.15) is 4.31 Å². The third kappa shape index (κ3) is 2.82. The van der Waals surface area contributed by atoms with Crippen LogP contribution in [-0.4, -0.2) is 39.0 Å². The molecular formula is C14H22N2O3S. The third-order valence-corrected chi connectivity index (χ3v) is 5.93. The number of aryl methyl sites for hydroxylation is 1. The maximum Gasteiger partial charge on any atom is 0.243 e. The van der Waals surface area contributed by atoms with E-state index in [4.69, 9.17) is 10.5 Å². The number of methoxy groups -OCH3 is 1. The average Bonchev–Trinajstić information content (AvgIpc) is 2.46. The topological polar surface area (TPSA) is 72.6 Å². The highest BCUT2D eigenvalue weighted by molar-refractivity contribution is 7.89. The minimum atomic E-state index is -3.48. The minimum absolute atomic E-state index is 0.0877. The van der Waals surface area contributed by atoms with Crippen LogP contribution in [0.25, 0.3) is 0 Å². The van der Waals surface area contributed by atoms with Crippen LogP contribution in [0.4, 0.5) is 0 Å². The van der Waals surface area contributed by atoms with E-state index >= 15 is 0 Å². The Balaban J connectivity index is 2.38. The number of ether oxygens (including phenoxy) is 1. The summed E-state index contributed by atoms with van der Waals surface area (Å²) < 4.78 is 32.3. The Hall–Kier alpha value is -1.11. The highest BCUT2D eigenvalue weighted by Gasteiger charge is 2.33. The number of nitrogens with zero attached hydrogens (tertiary/aromatic N) is 1. The summed E-state index contributed by atoms with van der Waals surface area (Å²) in [6.07, 6.45) is 2.77. The van der Waals surface area contributed by atoms with Crippen LogP contribution in [-0.2, 0) is 10.0 Å².